The number of hydrogen-bond donors (Lipinski definition) is 1. The Labute approximate surface area is 120 Å². The summed E-state index contributed by atoms with van der Waals surface area (Å²) in [6.45, 7) is 6.55. The van der Waals surface area contributed by atoms with Crippen LogP contribution in [0.5, 0.6) is 5.75 Å². The average Bonchev–Trinajstić information content (AvgIpc) is 2.51. The van der Waals surface area contributed by atoms with Gasteiger partial charge in [0.05, 0.1) is 6.61 Å². The molecule has 0 spiro atoms. The highest BCUT2D eigenvalue weighted by Gasteiger charge is 2.05. The van der Waals surface area contributed by atoms with E-state index in [0.29, 0.717) is 12.2 Å². The summed E-state index contributed by atoms with van der Waals surface area (Å²) in [6, 6.07) is 16.5. The first-order chi connectivity index (χ1) is 9.79. The number of benzene rings is 2. The Morgan fingerprint density at radius 3 is 2.15 bits per heavy atom. The van der Waals surface area contributed by atoms with Crippen LogP contribution in [0.25, 0.3) is 0 Å². The van der Waals surface area contributed by atoms with E-state index in [1.54, 1.807) is 24.3 Å². The van der Waals surface area contributed by atoms with Gasteiger partial charge < -0.3 is 10.1 Å². The molecule has 2 aromatic rings. The minimum absolute atomic E-state index is 0.121. The molecule has 1 N–H and O–H groups in total. The Balaban J connectivity index is 0.000000956. The third-order valence-corrected chi connectivity index (χ3v) is 2.46. The van der Waals surface area contributed by atoms with E-state index in [9.17, 15) is 4.79 Å². The maximum Gasteiger partial charge on any atom is 0.255 e. The molecule has 0 fully saturated rings. The van der Waals surface area contributed by atoms with Crippen molar-refractivity contribution < 1.29 is 9.53 Å². The predicted molar refractivity (Wildman–Crippen MR) is 83.4 cm³/mol. The number of nitrogens with one attached hydrogen (secondary N) is 1. The third kappa shape index (κ3) is 4.76. The molecule has 0 atom stereocenters. The molecule has 0 aliphatic rings. The molecule has 0 aromatic heterocycles. The Morgan fingerprint density at radius 1 is 1.00 bits per heavy atom. The molecule has 0 aliphatic heterocycles. The van der Waals surface area contributed by atoms with Crippen LogP contribution in [0.3, 0.4) is 0 Å². The fourth-order valence-corrected chi connectivity index (χ4v) is 1.59. The molecule has 3 nitrogen and oxygen atoms in total. The number of hydrogen-bond acceptors (Lipinski definition) is 2. The van der Waals surface area contributed by atoms with Crippen LogP contribution in [0, 0.1) is 0 Å². The van der Waals surface area contributed by atoms with Crippen molar-refractivity contribution in [3.8, 4) is 5.75 Å². The van der Waals surface area contributed by atoms with Gasteiger partial charge in [-0.1, -0.05) is 32.0 Å². The molecule has 0 heterocycles. The van der Waals surface area contributed by atoms with Gasteiger partial charge in [0.15, 0.2) is 0 Å². The van der Waals surface area contributed by atoms with Gasteiger partial charge >= 0.3 is 0 Å². The molecule has 0 unspecified atom stereocenters. The lowest BCUT2D eigenvalue weighted by atomic mass is 10.2. The largest absolute Gasteiger partial charge is 0.494 e. The lowest BCUT2D eigenvalue weighted by Gasteiger charge is -2.06. The summed E-state index contributed by atoms with van der Waals surface area (Å²) < 4.78 is 5.33. The van der Waals surface area contributed by atoms with Crippen molar-refractivity contribution in [2.24, 2.45) is 0 Å². The summed E-state index contributed by atoms with van der Waals surface area (Å²) in [4.78, 5) is 11.9. The maximum absolute atomic E-state index is 11.9. The van der Waals surface area contributed by atoms with Crippen LogP contribution in [0.1, 0.15) is 31.1 Å². The highest BCUT2D eigenvalue weighted by molar-refractivity contribution is 6.04. The quantitative estimate of drug-likeness (QED) is 0.897. The topological polar surface area (TPSA) is 38.3 Å². The minimum atomic E-state index is -0.121. The zero-order valence-corrected chi connectivity index (χ0v) is 12.2. The summed E-state index contributed by atoms with van der Waals surface area (Å²) in [7, 11) is 0. The molecule has 3 heteroatoms. The van der Waals surface area contributed by atoms with E-state index >= 15 is 0 Å². The van der Waals surface area contributed by atoms with Gasteiger partial charge in [0.2, 0.25) is 0 Å². The zero-order valence-electron chi connectivity index (χ0n) is 12.2. The molecule has 0 saturated heterocycles. The number of ether oxygens (including phenoxy) is 1. The molecule has 2 aromatic carbocycles. The van der Waals surface area contributed by atoms with Crippen molar-refractivity contribution in [1.82, 2.24) is 0 Å². The predicted octanol–water partition coefficient (Wildman–Crippen LogP) is 4.36. The molecule has 0 aliphatic carbocycles. The number of carbonyl (C=O) groups is 1. The lowest BCUT2D eigenvalue weighted by molar-refractivity contribution is 0.102. The molecule has 20 heavy (non-hydrogen) atoms. The van der Waals surface area contributed by atoms with Gasteiger partial charge in [-0.3, -0.25) is 4.79 Å². The fourth-order valence-electron chi connectivity index (χ4n) is 1.59. The summed E-state index contributed by atoms with van der Waals surface area (Å²) in [5.74, 6) is 0.651. The lowest BCUT2D eigenvalue weighted by Crippen LogP contribution is -2.11. The number of rotatable bonds is 4. The highest BCUT2D eigenvalue weighted by atomic mass is 16.5. The molecule has 0 saturated carbocycles. The van der Waals surface area contributed by atoms with Crippen LogP contribution in [0.15, 0.2) is 54.6 Å². The first-order valence-electron chi connectivity index (χ1n) is 6.89. The molecular formula is C17H21NO2. The van der Waals surface area contributed by atoms with Crippen molar-refractivity contribution in [1.29, 1.82) is 0 Å². The van der Waals surface area contributed by atoms with Crippen molar-refractivity contribution in [3.63, 3.8) is 0 Å². The molecule has 0 bridgehead atoms. The van der Waals surface area contributed by atoms with E-state index in [4.69, 9.17) is 4.74 Å². The Bertz CT molecular complexity index is 506. The molecule has 0 radical (unpaired) electrons. The summed E-state index contributed by atoms with van der Waals surface area (Å²) in [5.41, 5.74) is 1.40. The van der Waals surface area contributed by atoms with Crippen LogP contribution < -0.4 is 10.1 Å². The van der Waals surface area contributed by atoms with Gasteiger partial charge in [0.25, 0.3) is 5.91 Å². The monoisotopic (exact) mass is 271 g/mol. The summed E-state index contributed by atoms with van der Waals surface area (Å²) >= 11 is 0. The summed E-state index contributed by atoms with van der Waals surface area (Å²) in [5, 5.41) is 2.83. The van der Waals surface area contributed by atoms with Gasteiger partial charge in [-0.15, -0.1) is 0 Å². The van der Waals surface area contributed by atoms with E-state index in [-0.39, 0.29) is 5.91 Å². The van der Waals surface area contributed by atoms with Gasteiger partial charge in [0.1, 0.15) is 5.75 Å². The van der Waals surface area contributed by atoms with E-state index < -0.39 is 0 Å². The van der Waals surface area contributed by atoms with Crippen molar-refractivity contribution in [2.45, 2.75) is 20.8 Å². The van der Waals surface area contributed by atoms with Crippen LogP contribution in [-0.2, 0) is 0 Å². The van der Waals surface area contributed by atoms with Gasteiger partial charge in [0, 0.05) is 11.3 Å². The van der Waals surface area contributed by atoms with Gasteiger partial charge in [-0.2, -0.15) is 0 Å². The van der Waals surface area contributed by atoms with Crippen LogP contribution in [0.2, 0.25) is 0 Å². The fraction of sp³-hybridized carbons (Fsp3) is 0.235. The third-order valence-electron chi connectivity index (χ3n) is 2.46. The maximum atomic E-state index is 11.9. The standard InChI is InChI=1S/C15H15NO2.C2H6/c1-2-18-14-10-8-12(9-11-14)15(17)16-13-6-4-3-5-7-13;1-2/h3-11H,2H2,1H3,(H,16,17);1-2H3. The van der Waals surface area contributed by atoms with Crippen LogP contribution in [0.4, 0.5) is 5.69 Å². The zero-order chi connectivity index (χ0) is 14.8. The van der Waals surface area contributed by atoms with E-state index in [0.717, 1.165) is 11.4 Å². The SMILES string of the molecule is CC.CCOc1ccc(C(=O)Nc2ccccc2)cc1. The van der Waals surface area contributed by atoms with Gasteiger partial charge in [-0.05, 0) is 43.3 Å². The average molecular weight is 271 g/mol. The minimum Gasteiger partial charge on any atom is -0.494 e. The number of amides is 1. The van der Waals surface area contributed by atoms with E-state index in [2.05, 4.69) is 5.32 Å². The Hall–Kier alpha value is -2.29. The summed E-state index contributed by atoms with van der Waals surface area (Å²) in [6.07, 6.45) is 0. The molecule has 106 valence electrons. The van der Waals surface area contributed by atoms with Crippen LogP contribution in [-0.4, -0.2) is 12.5 Å². The first-order valence-corrected chi connectivity index (χ1v) is 6.89. The van der Waals surface area contributed by atoms with Crippen molar-refractivity contribution in [3.05, 3.63) is 60.2 Å². The first kappa shape index (κ1) is 15.8. The van der Waals surface area contributed by atoms with Crippen molar-refractivity contribution in [2.75, 3.05) is 11.9 Å². The van der Waals surface area contributed by atoms with Crippen molar-refractivity contribution >= 4 is 11.6 Å². The normalized spacial score (nSPS) is 9.15. The Kier molecular flexibility index (Phi) is 6.90. The van der Waals surface area contributed by atoms with E-state index in [1.165, 1.54) is 0 Å². The van der Waals surface area contributed by atoms with E-state index in [1.807, 2.05) is 51.1 Å². The number of para-hydroxylation sites is 1. The smallest absolute Gasteiger partial charge is 0.255 e. The number of anilines is 1. The van der Waals surface area contributed by atoms with Gasteiger partial charge in [-0.25, -0.2) is 0 Å². The Morgan fingerprint density at radius 2 is 1.60 bits per heavy atom. The van der Waals surface area contributed by atoms with Crippen LogP contribution >= 0.6 is 0 Å². The number of carbonyl (C=O) groups excluding carboxylic acids is 1. The molecule has 2 rings (SSSR count). The molecule has 1 amide bonds. The second kappa shape index (κ2) is 8.75. The second-order valence-corrected chi connectivity index (χ2v) is 3.78. The molecular weight excluding hydrogens is 250 g/mol. The highest BCUT2D eigenvalue weighted by Crippen LogP contribution is 2.14. The second-order valence-electron chi connectivity index (χ2n) is 3.78.